The minimum Gasteiger partial charge on any atom is -0.483 e. The van der Waals surface area contributed by atoms with E-state index in [1.807, 2.05) is 30.3 Å². The van der Waals surface area contributed by atoms with Crippen LogP contribution in [0.4, 0.5) is 13.2 Å². The lowest BCUT2D eigenvalue weighted by molar-refractivity contribution is -0.153. The monoisotopic (exact) mass is 375 g/mol. The van der Waals surface area contributed by atoms with Gasteiger partial charge in [0.2, 0.25) is 0 Å². The summed E-state index contributed by atoms with van der Waals surface area (Å²) in [7, 11) is 0. The van der Waals surface area contributed by atoms with Crippen LogP contribution in [0.5, 0.6) is 5.75 Å². The summed E-state index contributed by atoms with van der Waals surface area (Å²) in [6.45, 7) is 0.339. The van der Waals surface area contributed by atoms with Crippen molar-refractivity contribution in [1.29, 1.82) is 0 Å². The summed E-state index contributed by atoms with van der Waals surface area (Å²) in [5.41, 5.74) is 1.47. The Balaban J connectivity index is 1.65. The van der Waals surface area contributed by atoms with Crippen LogP contribution in [0, 0.1) is 0 Å². The Morgan fingerprint density at radius 3 is 2.63 bits per heavy atom. The van der Waals surface area contributed by atoms with Crippen LogP contribution in [0.25, 0.3) is 10.9 Å². The third-order valence-electron chi connectivity index (χ3n) is 3.78. The standard InChI is InChI=1S/C19H16F3N3O2/c1-12(15-9-7-14(10-23-15)27-11-19(20,21)22)24-18(26)17-8-6-13-4-2-3-5-16(13)25-17/h2-10,12H,11H2,1H3,(H,24,26). The molecule has 1 aromatic carbocycles. The van der Waals surface area contributed by atoms with Crippen molar-refractivity contribution >= 4 is 16.8 Å². The number of alkyl halides is 3. The minimum absolute atomic E-state index is 0.00537. The largest absolute Gasteiger partial charge is 0.483 e. The summed E-state index contributed by atoms with van der Waals surface area (Å²) in [5.74, 6) is -0.363. The summed E-state index contributed by atoms with van der Waals surface area (Å²) >= 11 is 0. The lowest BCUT2D eigenvalue weighted by atomic mass is 10.2. The Bertz CT molecular complexity index is 943. The van der Waals surface area contributed by atoms with Crippen LogP contribution in [-0.2, 0) is 0 Å². The number of carbonyl (C=O) groups is 1. The first-order valence-corrected chi connectivity index (χ1v) is 8.14. The molecule has 140 valence electrons. The Labute approximate surface area is 153 Å². The Hall–Kier alpha value is -3.16. The fraction of sp³-hybridized carbons (Fsp3) is 0.211. The molecular formula is C19H16F3N3O2. The van der Waals surface area contributed by atoms with E-state index in [-0.39, 0.29) is 17.4 Å². The van der Waals surface area contributed by atoms with E-state index in [4.69, 9.17) is 0 Å². The molecule has 0 aliphatic carbocycles. The van der Waals surface area contributed by atoms with Gasteiger partial charge >= 0.3 is 6.18 Å². The number of amides is 1. The zero-order valence-corrected chi connectivity index (χ0v) is 14.3. The number of ether oxygens (including phenoxy) is 1. The molecule has 0 radical (unpaired) electrons. The van der Waals surface area contributed by atoms with Gasteiger partial charge in [0.25, 0.3) is 5.91 Å². The van der Waals surface area contributed by atoms with Gasteiger partial charge in [0.1, 0.15) is 11.4 Å². The van der Waals surface area contributed by atoms with Gasteiger partial charge in [-0.05, 0) is 31.2 Å². The molecule has 0 bridgehead atoms. The highest BCUT2D eigenvalue weighted by atomic mass is 19.4. The van der Waals surface area contributed by atoms with Gasteiger partial charge in [-0.2, -0.15) is 13.2 Å². The van der Waals surface area contributed by atoms with E-state index in [2.05, 4.69) is 20.0 Å². The first-order chi connectivity index (χ1) is 12.8. The number of nitrogens with zero attached hydrogens (tertiary/aromatic N) is 2. The van der Waals surface area contributed by atoms with E-state index in [0.29, 0.717) is 11.2 Å². The van der Waals surface area contributed by atoms with E-state index in [9.17, 15) is 18.0 Å². The molecule has 5 nitrogen and oxygen atoms in total. The fourth-order valence-electron chi connectivity index (χ4n) is 2.44. The highest BCUT2D eigenvalue weighted by molar-refractivity contribution is 5.95. The molecule has 0 spiro atoms. The van der Waals surface area contributed by atoms with E-state index in [1.165, 1.54) is 18.3 Å². The molecule has 0 aliphatic heterocycles. The predicted octanol–water partition coefficient (Wildman–Crippen LogP) is 4.06. The highest BCUT2D eigenvalue weighted by Gasteiger charge is 2.28. The molecule has 1 atom stereocenters. The summed E-state index contributed by atoms with van der Waals surface area (Å²) < 4.78 is 41.1. The van der Waals surface area contributed by atoms with Crippen LogP contribution in [0.3, 0.4) is 0 Å². The number of para-hydroxylation sites is 1. The van der Waals surface area contributed by atoms with E-state index < -0.39 is 18.8 Å². The SMILES string of the molecule is CC(NC(=O)c1ccc2ccccc2n1)c1ccc(OCC(F)(F)F)cn1. The molecular weight excluding hydrogens is 359 g/mol. The maximum atomic E-state index is 12.4. The van der Waals surface area contributed by atoms with E-state index >= 15 is 0 Å². The van der Waals surface area contributed by atoms with Crippen molar-refractivity contribution in [2.75, 3.05) is 6.61 Å². The zero-order valence-electron chi connectivity index (χ0n) is 14.3. The molecule has 0 saturated carbocycles. The molecule has 1 amide bonds. The molecule has 27 heavy (non-hydrogen) atoms. The second kappa shape index (κ2) is 7.61. The van der Waals surface area contributed by atoms with Gasteiger partial charge in [0.05, 0.1) is 23.4 Å². The summed E-state index contributed by atoms with van der Waals surface area (Å²) in [6.07, 6.45) is -3.22. The molecule has 0 aliphatic rings. The molecule has 3 aromatic rings. The maximum absolute atomic E-state index is 12.4. The van der Waals surface area contributed by atoms with Crippen molar-refractivity contribution in [3.8, 4) is 5.75 Å². The summed E-state index contributed by atoms with van der Waals surface area (Å²) in [4.78, 5) is 20.8. The highest BCUT2D eigenvalue weighted by Crippen LogP contribution is 2.19. The molecule has 8 heteroatoms. The second-order valence-corrected chi connectivity index (χ2v) is 5.91. The van der Waals surface area contributed by atoms with Gasteiger partial charge in [-0.1, -0.05) is 24.3 Å². The Morgan fingerprint density at radius 1 is 1.15 bits per heavy atom. The first-order valence-electron chi connectivity index (χ1n) is 8.14. The lowest BCUT2D eigenvalue weighted by Crippen LogP contribution is -2.28. The predicted molar refractivity (Wildman–Crippen MR) is 93.4 cm³/mol. The van der Waals surface area contributed by atoms with Gasteiger partial charge in [-0.15, -0.1) is 0 Å². The Morgan fingerprint density at radius 2 is 1.93 bits per heavy atom. The number of hydrogen-bond donors (Lipinski definition) is 1. The molecule has 2 heterocycles. The molecule has 0 saturated heterocycles. The van der Waals surface area contributed by atoms with Crippen LogP contribution in [0.2, 0.25) is 0 Å². The third kappa shape index (κ3) is 4.93. The van der Waals surface area contributed by atoms with Crippen molar-refractivity contribution in [1.82, 2.24) is 15.3 Å². The fourth-order valence-corrected chi connectivity index (χ4v) is 2.44. The van der Waals surface area contributed by atoms with Crippen LogP contribution in [-0.4, -0.2) is 28.7 Å². The number of benzene rings is 1. The number of hydrogen-bond acceptors (Lipinski definition) is 4. The van der Waals surface area contributed by atoms with Crippen LogP contribution < -0.4 is 10.1 Å². The van der Waals surface area contributed by atoms with Crippen molar-refractivity contribution in [2.45, 2.75) is 19.1 Å². The summed E-state index contributed by atoms with van der Waals surface area (Å²) in [6, 6.07) is 13.3. The first kappa shape index (κ1) is 18.6. The zero-order chi connectivity index (χ0) is 19.4. The van der Waals surface area contributed by atoms with E-state index in [0.717, 1.165) is 5.39 Å². The molecule has 0 fully saturated rings. The number of fused-ring (bicyclic) bond motifs is 1. The van der Waals surface area contributed by atoms with E-state index in [1.54, 1.807) is 13.0 Å². The maximum Gasteiger partial charge on any atom is 0.422 e. The molecule has 2 aromatic heterocycles. The van der Waals surface area contributed by atoms with Gasteiger partial charge in [-0.3, -0.25) is 9.78 Å². The number of carbonyl (C=O) groups excluding carboxylic acids is 1. The van der Waals surface area contributed by atoms with Gasteiger partial charge in [0, 0.05) is 5.39 Å². The smallest absolute Gasteiger partial charge is 0.422 e. The second-order valence-electron chi connectivity index (χ2n) is 5.91. The number of halogens is 3. The normalized spacial score (nSPS) is 12.6. The van der Waals surface area contributed by atoms with Gasteiger partial charge < -0.3 is 10.1 Å². The minimum atomic E-state index is -4.41. The van der Waals surface area contributed by atoms with Crippen molar-refractivity contribution in [2.24, 2.45) is 0 Å². The number of pyridine rings is 2. The van der Waals surface area contributed by atoms with Crippen LogP contribution >= 0.6 is 0 Å². The number of nitrogens with one attached hydrogen (secondary N) is 1. The van der Waals surface area contributed by atoms with Crippen molar-refractivity contribution in [3.05, 3.63) is 66.1 Å². The average molecular weight is 375 g/mol. The number of rotatable bonds is 5. The summed E-state index contributed by atoms with van der Waals surface area (Å²) in [5, 5.41) is 3.70. The van der Waals surface area contributed by atoms with Gasteiger partial charge in [-0.25, -0.2) is 4.98 Å². The Kier molecular flexibility index (Phi) is 5.25. The molecule has 1 unspecified atom stereocenters. The molecule has 1 N–H and O–H groups in total. The average Bonchev–Trinajstić information content (AvgIpc) is 2.65. The van der Waals surface area contributed by atoms with Crippen molar-refractivity contribution < 1.29 is 22.7 Å². The lowest BCUT2D eigenvalue weighted by Gasteiger charge is -2.14. The quantitative estimate of drug-likeness (QED) is 0.730. The van der Waals surface area contributed by atoms with Crippen molar-refractivity contribution in [3.63, 3.8) is 0 Å². The van der Waals surface area contributed by atoms with Crippen LogP contribution in [0.1, 0.15) is 29.1 Å². The topological polar surface area (TPSA) is 64.1 Å². The van der Waals surface area contributed by atoms with Gasteiger partial charge in [0.15, 0.2) is 6.61 Å². The number of aromatic nitrogens is 2. The van der Waals surface area contributed by atoms with Crippen LogP contribution in [0.15, 0.2) is 54.7 Å². The molecule has 3 rings (SSSR count). The third-order valence-corrected chi connectivity index (χ3v) is 3.78.